The van der Waals surface area contributed by atoms with Crippen LogP contribution < -0.4 is 10.1 Å². The van der Waals surface area contributed by atoms with Crippen LogP contribution >= 0.6 is 22.9 Å². The topological polar surface area (TPSA) is 54.7 Å². The van der Waals surface area contributed by atoms with Crippen molar-refractivity contribution in [1.29, 1.82) is 0 Å². The summed E-state index contributed by atoms with van der Waals surface area (Å²) in [6.07, 6.45) is 1.64. The molecule has 1 amide bonds. The van der Waals surface area contributed by atoms with Crippen LogP contribution in [-0.4, -0.2) is 24.5 Å². The number of aryl methyl sites for hydroxylation is 1. The lowest BCUT2D eigenvalue weighted by Gasteiger charge is -2.20. The zero-order chi connectivity index (χ0) is 19.2. The number of thiophene rings is 1. The van der Waals surface area contributed by atoms with Crippen LogP contribution in [0, 0.1) is 6.92 Å². The van der Waals surface area contributed by atoms with E-state index in [1.165, 1.54) is 4.88 Å². The van der Waals surface area contributed by atoms with Crippen molar-refractivity contribution in [2.75, 3.05) is 19.0 Å². The SMILES string of the molecule is COc1cc(Cl)c(C)cc1NC(=O)CN(Cc1ccco1)Cc1cccs1. The average molecular weight is 405 g/mol. The van der Waals surface area contributed by atoms with Gasteiger partial charge in [-0.05, 0) is 42.1 Å². The van der Waals surface area contributed by atoms with Crippen molar-refractivity contribution in [2.24, 2.45) is 0 Å². The van der Waals surface area contributed by atoms with E-state index in [1.54, 1.807) is 30.8 Å². The van der Waals surface area contributed by atoms with Crippen molar-refractivity contribution in [1.82, 2.24) is 4.90 Å². The number of amides is 1. The van der Waals surface area contributed by atoms with E-state index in [-0.39, 0.29) is 12.5 Å². The molecule has 0 saturated heterocycles. The van der Waals surface area contributed by atoms with Crippen molar-refractivity contribution in [3.8, 4) is 5.75 Å². The fourth-order valence-electron chi connectivity index (χ4n) is 2.74. The van der Waals surface area contributed by atoms with Gasteiger partial charge in [0, 0.05) is 22.5 Å². The minimum Gasteiger partial charge on any atom is -0.495 e. The summed E-state index contributed by atoms with van der Waals surface area (Å²) in [6.45, 7) is 3.33. The number of benzene rings is 1. The predicted octanol–water partition coefficient (Wildman–Crippen LogP) is 4.95. The second kappa shape index (κ2) is 9.08. The van der Waals surface area contributed by atoms with E-state index in [1.807, 2.05) is 41.5 Å². The largest absolute Gasteiger partial charge is 0.495 e. The van der Waals surface area contributed by atoms with E-state index < -0.39 is 0 Å². The Balaban J connectivity index is 1.71. The quantitative estimate of drug-likeness (QED) is 0.577. The molecule has 0 spiro atoms. The molecule has 0 aliphatic carbocycles. The zero-order valence-corrected chi connectivity index (χ0v) is 16.8. The number of rotatable bonds is 8. The molecular weight excluding hydrogens is 384 g/mol. The van der Waals surface area contributed by atoms with Crippen LogP contribution in [0.4, 0.5) is 5.69 Å². The number of methoxy groups -OCH3 is 1. The second-order valence-corrected chi connectivity index (χ2v) is 7.59. The smallest absolute Gasteiger partial charge is 0.238 e. The first-order valence-corrected chi connectivity index (χ1v) is 9.72. The summed E-state index contributed by atoms with van der Waals surface area (Å²) in [5.74, 6) is 1.23. The number of anilines is 1. The maximum absolute atomic E-state index is 12.7. The summed E-state index contributed by atoms with van der Waals surface area (Å²) < 4.78 is 10.8. The molecule has 1 aromatic carbocycles. The van der Waals surface area contributed by atoms with Gasteiger partial charge in [0.25, 0.3) is 0 Å². The van der Waals surface area contributed by atoms with Crippen LogP contribution in [-0.2, 0) is 17.9 Å². The van der Waals surface area contributed by atoms with E-state index in [0.717, 1.165) is 11.3 Å². The minimum atomic E-state index is -0.127. The second-order valence-electron chi connectivity index (χ2n) is 6.15. The van der Waals surface area contributed by atoms with Gasteiger partial charge in [0.15, 0.2) is 0 Å². The van der Waals surface area contributed by atoms with Crippen LogP contribution in [0.2, 0.25) is 5.02 Å². The van der Waals surface area contributed by atoms with Gasteiger partial charge < -0.3 is 14.5 Å². The van der Waals surface area contributed by atoms with Crippen LogP contribution in [0.25, 0.3) is 0 Å². The lowest BCUT2D eigenvalue weighted by Crippen LogP contribution is -2.32. The summed E-state index contributed by atoms with van der Waals surface area (Å²) in [7, 11) is 1.55. The molecule has 1 N–H and O–H groups in total. The molecule has 3 rings (SSSR count). The van der Waals surface area contributed by atoms with Gasteiger partial charge in [0.05, 0.1) is 32.1 Å². The molecule has 0 unspecified atom stereocenters. The van der Waals surface area contributed by atoms with E-state index in [2.05, 4.69) is 11.4 Å². The molecule has 0 bridgehead atoms. The number of hydrogen-bond donors (Lipinski definition) is 1. The van der Waals surface area contributed by atoms with Crippen LogP contribution in [0.1, 0.15) is 16.2 Å². The molecule has 5 nitrogen and oxygen atoms in total. The number of nitrogens with one attached hydrogen (secondary N) is 1. The van der Waals surface area contributed by atoms with Crippen LogP contribution in [0.3, 0.4) is 0 Å². The number of furan rings is 1. The number of ether oxygens (including phenoxy) is 1. The fraction of sp³-hybridized carbons (Fsp3) is 0.250. The average Bonchev–Trinajstić information content (AvgIpc) is 3.32. The highest BCUT2D eigenvalue weighted by Gasteiger charge is 2.16. The van der Waals surface area contributed by atoms with E-state index in [0.29, 0.717) is 29.5 Å². The highest BCUT2D eigenvalue weighted by Crippen LogP contribution is 2.31. The lowest BCUT2D eigenvalue weighted by atomic mass is 10.2. The number of halogens is 1. The van der Waals surface area contributed by atoms with Gasteiger partial charge in [-0.25, -0.2) is 0 Å². The number of nitrogens with zero attached hydrogens (tertiary/aromatic N) is 1. The van der Waals surface area contributed by atoms with Crippen LogP contribution in [0.5, 0.6) is 5.75 Å². The van der Waals surface area contributed by atoms with Gasteiger partial charge in [-0.1, -0.05) is 17.7 Å². The third kappa shape index (κ3) is 5.35. The minimum absolute atomic E-state index is 0.127. The van der Waals surface area contributed by atoms with Crippen molar-refractivity contribution in [3.05, 3.63) is 69.3 Å². The Morgan fingerprint density at radius 1 is 1.30 bits per heavy atom. The Morgan fingerprint density at radius 2 is 2.15 bits per heavy atom. The monoisotopic (exact) mass is 404 g/mol. The molecule has 7 heteroatoms. The van der Waals surface area contributed by atoms with E-state index in [9.17, 15) is 4.79 Å². The number of hydrogen-bond acceptors (Lipinski definition) is 5. The number of carbonyl (C=O) groups is 1. The van der Waals surface area contributed by atoms with Gasteiger partial charge in [-0.15, -0.1) is 11.3 Å². The summed E-state index contributed by atoms with van der Waals surface area (Å²) >= 11 is 7.80. The Kier molecular flexibility index (Phi) is 6.55. The van der Waals surface area contributed by atoms with Crippen LogP contribution in [0.15, 0.2) is 52.5 Å². The molecule has 0 aliphatic rings. The highest BCUT2D eigenvalue weighted by molar-refractivity contribution is 7.09. The van der Waals surface area contributed by atoms with E-state index >= 15 is 0 Å². The lowest BCUT2D eigenvalue weighted by molar-refractivity contribution is -0.117. The van der Waals surface area contributed by atoms with Gasteiger partial charge in [0.2, 0.25) is 5.91 Å². The normalized spacial score (nSPS) is 11.0. The molecule has 3 aromatic rings. The highest BCUT2D eigenvalue weighted by atomic mass is 35.5. The van der Waals surface area contributed by atoms with Gasteiger partial charge >= 0.3 is 0 Å². The summed E-state index contributed by atoms with van der Waals surface area (Å²) in [4.78, 5) is 15.9. The van der Waals surface area contributed by atoms with Gasteiger partial charge in [-0.3, -0.25) is 9.69 Å². The number of carbonyl (C=O) groups excluding carboxylic acids is 1. The van der Waals surface area contributed by atoms with E-state index in [4.69, 9.17) is 20.8 Å². The molecule has 142 valence electrons. The molecule has 2 heterocycles. The summed E-state index contributed by atoms with van der Waals surface area (Å²) in [5.41, 5.74) is 1.48. The third-order valence-electron chi connectivity index (χ3n) is 4.04. The maximum Gasteiger partial charge on any atom is 0.238 e. The first kappa shape index (κ1) is 19.5. The Labute approximate surface area is 167 Å². The molecule has 0 saturated carbocycles. The van der Waals surface area contributed by atoms with Gasteiger partial charge in [0.1, 0.15) is 11.5 Å². The standard InChI is InChI=1S/C20H21ClN2O3S/c1-14-9-18(19(25-2)10-17(14)21)22-20(24)13-23(11-15-5-3-7-26-15)12-16-6-4-8-27-16/h3-10H,11-13H2,1-2H3,(H,22,24). The maximum atomic E-state index is 12.7. The Bertz CT molecular complexity index is 843. The molecule has 2 aromatic heterocycles. The first-order chi connectivity index (χ1) is 13.0. The Morgan fingerprint density at radius 3 is 2.81 bits per heavy atom. The Hall–Kier alpha value is -2.28. The first-order valence-electron chi connectivity index (χ1n) is 8.46. The van der Waals surface area contributed by atoms with Crippen molar-refractivity contribution < 1.29 is 13.9 Å². The fourth-order valence-corrected chi connectivity index (χ4v) is 3.64. The predicted molar refractivity (Wildman–Crippen MR) is 109 cm³/mol. The summed E-state index contributed by atoms with van der Waals surface area (Å²) in [6, 6.07) is 11.3. The van der Waals surface area contributed by atoms with Crippen molar-refractivity contribution in [2.45, 2.75) is 20.0 Å². The molecular formula is C20H21ClN2O3S. The molecule has 27 heavy (non-hydrogen) atoms. The zero-order valence-electron chi connectivity index (χ0n) is 15.2. The summed E-state index contributed by atoms with van der Waals surface area (Å²) in [5, 5.41) is 5.56. The van der Waals surface area contributed by atoms with Crippen molar-refractivity contribution in [3.63, 3.8) is 0 Å². The van der Waals surface area contributed by atoms with Crippen molar-refractivity contribution >= 4 is 34.5 Å². The molecule has 0 atom stereocenters. The van der Waals surface area contributed by atoms with Gasteiger partial charge in [-0.2, -0.15) is 0 Å². The molecule has 0 fully saturated rings. The molecule has 0 radical (unpaired) electrons. The molecule has 0 aliphatic heterocycles. The third-order valence-corrected chi connectivity index (χ3v) is 5.31.